The Morgan fingerprint density at radius 2 is 2.40 bits per heavy atom. The van der Waals surface area contributed by atoms with Crippen LogP contribution >= 0.6 is 23.1 Å². The molecule has 15 heavy (non-hydrogen) atoms. The summed E-state index contributed by atoms with van der Waals surface area (Å²) in [6.07, 6.45) is 6.70. The van der Waals surface area contributed by atoms with Gasteiger partial charge in [0.25, 0.3) is 0 Å². The molecule has 0 saturated carbocycles. The molecule has 3 rings (SSSR count). The number of thioether (sulfide) groups is 1. The predicted molar refractivity (Wildman–Crippen MR) is 65.6 cm³/mol. The zero-order valence-corrected chi connectivity index (χ0v) is 9.52. The average Bonchev–Trinajstić information content (AvgIpc) is 2.82. The van der Waals surface area contributed by atoms with Crippen LogP contribution in [0, 0.1) is 0 Å². The highest BCUT2D eigenvalue weighted by atomic mass is 32.2. The van der Waals surface area contributed by atoms with Crippen molar-refractivity contribution in [3.05, 3.63) is 29.5 Å². The lowest BCUT2D eigenvalue weighted by Gasteiger charge is -1.98. The molecule has 1 unspecified atom stereocenters. The topological polar surface area (TPSA) is 51.8 Å². The van der Waals surface area contributed by atoms with Gasteiger partial charge in [-0.3, -0.25) is 4.98 Å². The lowest BCUT2D eigenvalue weighted by Crippen LogP contribution is -2.09. The highest BCUT2D eigenvalue weighted by molar-refractivity contribution is 8.09. The smallest absolute Gasteiger partial charge is 0.130 e. The quantitative estimate of drug-likeness (QED) is 0.825. The highest BCUT2D eigenvalue weighted by Crippen LogP contribution is 2.39. The van der Waals surface area contributed by atoms with E-state index in [2.05, 4.69) is 16.0 Å². The first-order chi connectivity index (χ1) is 7.33. The van der Waals surface area contributed by atoms with E-state index in [9.17, 15) is 0 Å². The molecular formula is C10H9N3S2. The maximum Gasteiger partial charge on any atom is 0.130 e. The Morgan fingerprint density at radius 1 is 1.47 bits per heavy atom. The summed E-state index contributed by atoms with van der Waals surface area (Å²) in [5.74, 6) is 0. The molecule has 3 heterocycles. The molecule has 1 atom stereocenters. The lowest BCUT2D eigenvalue weighted by atomic mass is 10.4. The van der Waals surface area contributed by atoms with Crippen molar-refractivity contribution < 1.29 is 0 Å². The standard InChI is InChI=1S/C10H9N3S2/c11-9-2-1-8(14-9)10-13-6-5-12-4-3-7(6)15-10/h1,3-5,9H,2,11H2. The number of nitrogens with two attached hydrogens (primary N) is 1. The molecule has 0 aromatic carbocycles. The van der Waals surface area contributed by atoms with Gasteiger partial charge >= 0.3 is 0 Å². The fourth-order valence-corrected chi connectivity index (χ4v) is 3.50. The average molecular weight is 235 g/mol. The fraction of sp³-hybridized carbons (Fsp3) is 0.200. The molecule has 1 aliphatic heterocycles. The lowest BCUT2D eigenvalue weighted by molar-refractivity contribution is 0.953. The molecule has 0 saturated heterocycles. The van der Waals surface area contributed by atoms with Crippen LogP contribution in [0.25, 0.3) is 15.1 Å². The van der Waals surface area contributed by atoms with Crippen LogP contribution in [0.3, 0.4) is 0 Å². The second-order valence-electron chi connectivity index (χ2n) is 3.32. The first-order valence-corrected chi connectivity index (χ1v) is 6.36. The summed E-state index contributed by atoms with van der Waals surface area (Å²) >= 11 is 3.40. The SMILES string of the molecule is NC1CC=C(c2nc3cnccc3s2)S1. The third-order valence-electron chi connectivity index (χ3n) is 2.21. The minimum absolute atomic E-state index is 0.199. The van der Waals surface area contributed by atoms with Gasteiger partial charge in [0.2, 0.25) is 0 Å². The summed E-state index contributed by atoms with van der Waals surface area (Å²) in [6.45, 7) is 0. The summed E-state index contributed by atoms with van der Waals surface area (Å²) in [4.78, 5) is 9.81. The molecule has 1 aliphatic rings. The molecule has 0 bridgehead atoms. The van der Waals surface area contributed by atoms with E-state index >= 15 is 0 Å². The molecule has 0 fully saturated rings. The molecule has 2 N–H and O–H groups in total. The predicted octanol–water partition coefficient (Wildman–Crippen LogP) is 2.45. The van der Waals surface area contributed by atoms with Crippen molar-refractivity contribution >= 4 is 38.2 Å². The molecule has 0 radical (unpaired) electrons. The van der Waals surface area contributed by atoms with Crippen molar-refractivity contribution in [1.82, 2.24) is 9.97 Å². The Bertz CT molecular complexity index is 499. The molecule has 2 aromatic rings. The van der Waals surface area contributed by atoms with Crippen molar-refractivity contribution in [1.29, 1.82) is 0 Å². The van der Waals surface area contributed by atoms with Gasteiger partial charge in [0.05, 0.1) is 16.3 Å². The van der Waals surface area contributed by atoms with Crippen molar-refractivity contribution in [2.24, 2.45) is 5.73 Å². The van der Waals surface area contributed by atoms with Gasteiger partial charge in [0.15, 0.2) is 0 Å². The highest BCUT2D eigenvalue weighted by Gasteiger charge is 2.18. The van der Waals surface area contributed by atoms with Crippen molar-refractivity contribution in [2.75, 3.05) is 0 Å². The third kappa shape index (κ3) is 1.67. The molecule has 0 aliphatic carbocycles. The minimum Gasteiger partial charge on any atom is -0.319 e. The van der Waals surface area contributed by atoms with E-state index in [1.165, 1.54) is 9.61 Å². The van der Waals surface area contributed by atoms with Gasteiger partial charge in [-0.25, -0.2) is 4.98 Å². The summed E-state index contributed by atoms with van der Waals surface area (Å²) < 4.78 is 1.18. The normalized spacial score (nSPS) is 20.9. The van der Waals surface area contributed by atoms with Crippen molar-refractivity contribution in [2.45, 2.75) is 11.8 Å². The van der Waals surface area contributed by atoms with Gasteiger partial charge in [-0.05, 0) is 12.5 Å². The Morgan fingerprint density at radius 3 is 3.13 bits per heavy atom. The first-order valence-electron chi connectivity index (χ1n) is 4.66. The molecule has 76 valence electrons. The summed E-state index contributed by atoms with van der Waals surface area (Å²) in [5.41, 5.74) is 6.80. The van der Waals surface area contributed by atoms with E-state index < -0.39 is 0 Å². The summed E-state index contributed by atoms with van der Waals surface area (Å²) in [7, 11) is 0. The van der Waals surface area contributed by atoms with Crippen LogP contribution in [0.15, 0.2) is 24.5 Å². The number of hydrogen-bond donors (Lipinski definition) is 1. The summed E-state index contributed by atoms with van der Waals surface area (Å²) in [5, 5.41) is 1.26. The zero-order valence-electron chi connectivity index (χ0n) is 7.88. The number of nitrogens with zero attached hydrogens (tertiary/aromatic N) is 2. The van der Waals surface area contributed by atoms with Gasteiger partial charge in [0.1, 0.15) is 10.5 Å². The number of hydrogen-bond acceptors (Lipinski definition) is 5. The number of thiazole rings is 1. The molecular weight excluding hydrogens is 226 g/mol. The minimum atomic E-state index is 0.199. The van der Waals surface area contributed by atoms with Crippen molar-refractivity contribution in [3.8, 4) is 0 Å². The number of pyridine rings is 1. The van der Waals surface area contributed by atoms with Gasteiger partial charge in [-0.15, -0.1) is 23.1 Å². The van der Waals surface area contributed by atoms with E-state index in [0.717, 1.165) is 16.9 Å². The summed E-state index contributed by atoms with van der Waals surface area (Å²) in [6, 6.07) is 2.00. The Hall–Kier alpha value is -0.910. The van der Waals surface area contributed by atoms with E-state index in [0.29, 0.717) is 0 Å². The van der Waals surface area contributed by atoms with Gasteiger partial charge in [-0.2, -0.15) is 0 Å². The number of aromatic nitrogens is 2. The van der Waals surface area contributed by atoms with Crippen LogP contribution in [0.5, 0.6) is 0 Å². The Balaban J connectivity index is 2.05. The molecule has 5 heteroatoms. The van der Waals surface area contributed by atoms with Gasteiger partial charge in [0, 0.05) is 11.1 Å². The second kappa shape index (κ2) is 3.59. The maximum absolute atomic E-state index is 5.83. The Labute approximate surface area is 95.4 Å². The number of rotatable bonds is 1. The zero-order chi connectivity index (χ0) is 10.3. The van der Waals surface area contributed by atoms with Gasteiger partial charge < -0.3 is 5.73 Å². The molecule has 0 amide bonds. The molecule has 2 aromatic heterocycles. The first kappa shape index (κ1) is 9.33. The number of fused-ring (bicyclic) bond motifs is 1. The third-order valence-corrected chi connectivity index (χ3v) is 4.52. The van der Waals surface area contributed by atoms with Gasteiger partial charge in [-0.1, -0.05) is 6.08 Å². The Kier molecular flexibility index (Phi) is 2.23. The van der Waals surface area contributed by atoms with Crippen molar-refractivity contribution in [3.63, 3.8) is 0 Å². The van der Waals surface area contributed by atoms with E-state index in [1.807, 2.05) is 6.07 Å². The fourth-order valence-electron chi connectivity index (χ4n) is 1.51. The van der Waals surface area contributed by atoms with E-state index in [4.69, 9.17) is 5.73 Å². The van der Waals surface area contributed by atoms with E-state index in [-0.39, 0.29) is 5.37 Å². The molecule has 3 nitrogen and oxygen atoms in total. The monoisotopic (exact) mass is 235 g/mol. The van der Waals surface area contributed by atoms with Crippen LogP contribution in [0.2, 0.25) is 0 Å². The maximum atomic E-state index is 5.83. The van der Waals surface area contributed by atoms with Crippen LogP contribution in [-0.2, 0) is 0 Å². The largest absolute Gasteiger partial charge is 0.319 e. The van der Waals surface area contributed by atoms with Crippen LogP contribution in [0.1, 0.15) is 11.4 Å². The molecule has 0 spiro atoms. The second-order valence-corrected chi connectivity index (χ2v) is 5.63. The van der Waals surface area contributed by atoms with Crippen LogP contribution in [0.4, 0.5) is 0 Å². The van der Waals surface area contributed by atoms with Crippen LogP contribution in [-0.4, -0.2) is 15.3 Å². The van der Waals surface area contributed by atoms with E-state index in [1.54, 1.807) is 35.5 Å². The van der Waals surface area contributed by atoms with Crippen LogP contribution < -0.4 is 5.73 Å².